The summed E-state index contributed by atoms with van der Waals surface area (Å²) in [5, 5.41) is 13.9. The first-order valence-corrected chi connectivity index (χ1v) is 9.16. The first-order chi connectivity index (χ1) is 14.4. The summed E-state index contributed by atoms with van der Waals surface area (Å²) < 4.78 is 77.5. The molecule has 0 spiro atoms. The highest BCUT2D eigenvalue weighted by Gasteiger charge is 2.71. The predicted molar refractivity (Wildman–Crippen MR) is 102 cm³/mol. The maximum atomic E-state index is 12.9. The molecule has 31 heavy (non-hydrogen) atoms. The van der Waals surface area contributed by atoms with E-state index in [4.69, 9.17) is 0 Å². The number of halogens is 6. The lowest BCUT2D eigenvalue weighted by Gasteiger charge is -2.32. The molecule has 0 heterocycles. The summed E-state index contributed by atoms with van der Waals surface area (Å²) in [5.41, 5.74) is -5.46. The summed E-state index contributed by atoms with van der Waals surface area (Å²) in [6.45, 7) is 0.119. The van der Waals surface area contributed by atoms with Crippen molar-refractivity contribution in [2.24, 2.45) is 0 Å². The van der Waals surface area contributed by atoms with E-state index in [1.54, 1.807) is 18.2 Å². The monoisotopic (exact) mass is 441 g/mol. The third-order valence-electron chi connectivity index (χ3n) is 4.90. The van der Waals surface area contributed by atoms with Gasteiger partial charge < -0.3 is 10.4 Å². The molecular formula is C22H17F6NO2. The summed E-state index contributed by atoms with van der Waals surface area (Å²) in [4.78, 5) is 12.3. The van der Waals surface area contributed by atoms with E-state index in [0.717, 1.165) is 22.9 Å². The average Bonchev–Trinajstić information content (AvgIpc) is 2.71. The van der Waals surface area contributed by atoms with Gasteiger partial charge in [0.2, 0.25) is 0 Å². The molecule has 0 saturated carbocycles. The van der Waals surface area contributed by atoms with Gasteiger partial charge in [-0.1, -0.05) is 54.6 Å². The SMILES string of the molecule is O=C(NCCc1ccc(C(O)(C(F)(F)F)C(F)(F)F)cc1)c1ccc2ccccc2c1. The van der Waals surface area contributed by atoms with Crippen LogP contribution in [0.2, 0.25) is 0 Å². The molecular weight excluding hydrogens is 424 g/mol. The highest BCUT2D eigenvalue weighted by Crippen LogP contribution is 2.49. The highest BCUT2D eigenvalue weighted by molar-refractivity contribution is 5.98. The lowest BCUT2D eigenvalue weighted by molar-refractivity contribution is -0.376. The van der Waals surface area contributed by atoms with E-state index in [1.807, 2.05) is 24.3 Å². The summed E-state index contributed by atoms with van der Waals surface area (Å²) in [6, 6.07) is 15.9. The molecule has 0 bridgehead atoms. The van der Waals surface area contributed by atoms with Crippen LogP contribution in [0.1, 0.15) is 21.5 Å². The maximum Gasteiger partial charge on any atom is 0.430 e. The largest absolute Gasteiger partial charge is 0.430 e. The molecule has 1 amide bonds. The van der Waals surface area contributed by atoms with E-state index in [2.05, 4.69) is 5.32 Å². The Kier molecular flexibility index (Phi) is 6.00. The van der Waals surface area contributed by atoms with Gasteiger partial charge >= 0.3 is 12.4 Å². The first kappa shape index (κ1) is 22.6. The van der Waals surface area contributed by atoms with Gasteiger partial charge in [-0.25, -0.2) is 0 Å². The zero-order valence-electron chi connectivity index (χ0n) is 15.9. The first-order valence-electron chi connectivity index (χ1n) is 9.16. The van der Waals surface area contributed by atoms with Gasteiger partial charge in [-0.3, -0.25) is 4.79 Å². The Morgan fingerprint density at radius 3 is 1.97 bits per heavy atom. The second kappa shape index (κ2) is 8.22. The number of carbonyl (C=O) groups excluding carboxylic acids is 1. The number of alkyl halides is 6. The molecule has 0 aliphatic carbocycles. The molecule has 2 N–H and O–H groups in total. The fraction of sp³-hybridized carbons (Fsp3) is 0.227. The number of nitrogens with one attached hydrogen (secondary N) is 1. The van der Waals surface area contributed by atoms with Crippen molar-refractivity contribution in [3.8, 4) is 0 Å². The standard InChI is InChI=1S/C22H17F6NO2/c23-21(24,25)20(31,22(26,27)28)18-9-5-14(6-10-18)11-12-29-19(30)17-8-7-15-3-1-2-4-16(15)13-17/h1-10,13,31H,11-12H2,(H,29,30). The average molecular weight is 441 g/mol. The second-order valence-corrected chi connectivity index (χ2v) is 6.97. The molecule has 0 aliphatic heterocycles. The number of rotatable bonds is 5. The maximum absolute atomic E-state index is 12.9. The van der Waals surface area contributed by atoms with Crippen LogP contribution in [0.4, 0.5) is 26.3 Å². The van der Waals surface area contributed by atoms with Crippen LogP contribution in [-0.2, 0) is 12.0 Å². The number of hydrogen-bond acceptors (Lipinski definition) is 2. The smallest absolute Gasteiger partial charge is 0.369 e. The molecule has 0 atom stereocenters. The Morgan fingerprint density at radius 2 is 1.39 bits per heavy atom. The van der Waals surface area contributed by atoms with E-state index >= 15 is 0 Å². The van der Waals surface area contributed by atoms with Crippen molar-refractivity contribution >= 4 is 16.7 Å². The molecule has 3 rings (SSSR count). The van der Waals surface area contributed by atoms with Gasteiger partial charge in [0.05, 0.1) is 0 Å². The van der Waals surface area contributed by atoms with Gasteiger partial charge in [-0.15, -0.1) is 0 Å². The Labute approximate surface area is 173 Å². The van der Waals surface area contributed by atoms with Gasteiger partial charge in [-0.2, -0.15) is 26.3 Å². The van der Waals surface area contributed by atoms with Crippen LogP contribution in [0.25, 0.3) is 10.8 Å². The van der Waals surface area contributed by atoms with Crippen molar-refractivity contribution < 1.29 is 36.2 Å². The molecule has 0 aromatic heterocycles. The number of benzene rings is 3. The minimum atomic E-state index is -5.93. The third kappa shape index (κ3) is 4.51. The van der Waals surface area contributed by atoms with Crippen LogP contribution in [0.15, 0.2) is 66.7 Å². The van der Waals surface area contributed by atoms with Crippen LogP contribution in [0.3, 0.4) is 0 Å². The third-order valence-corrected chi connectivity index (χ3v) is 4.90. The van der Waals surface area contributed by atoms with Crippen LogP contribution in [0, 0.1) is 0 Å². The predicted octanol–water partition coefficient (Wildman–Crippen LogP) is 5.12. The summed E-state index contributed by atoms with van der Waals surface area (Å²) >= 11 is 0. The van der Waals surface area contributed by atoms with Crippen LogP contribution >= 0.6 is 0 Å². The van der Waals surface area contributed by atoms with Crippen LogP contribution < -0.4 is 5.32 Å². The normalized spacial score (nSPS) is 12.7. The van der Waals surface area contributed by atoms with Gasteiger partial charge in [0.1, 0.15) is 0 Å². The van der Waals surface area contributed by atoms with E-state index < -0.39 is 23.5 Å². The number of aliphatic hydroxyl groups is 1. The molecule has 0 unspecified atom stereocenters. The Hall–Kier alpha value is -3.07. The van der Waals surface area contributed by atoms with Gasteiger partial charge in [0.25, 0.3) is 11.5 Å². The van der Waals surface area contributed by atoms with Gasteiger partial charge in [0, 0.05) is 17.7 Å². The molecule has 0 radical (unpaired) electrons. The second-order valence-electron chi connectivity index (χ2n) is 6.97. The topological polar surface area (TPSA) is 49.3 Å². The fourth-order valence-corrected chi connectivity index (χ4v) is 3.15. The Balaban J connectivity index is 1.65. The lowest BCUT2D eigenvalue weighted by Crippen LogP contribution is -2.53. The van der Waals surface area contributed by atoms with Crippen molar-refractivity contribution in [1.82, 2.24) is 5.32 Å². The number of fused-ring (bicyclic) bond motifs is 1. The van der Waals surface area contributed by atoms with Crippen molar-refractivity contribution in [2.45, 2.75) is 24.4 Å². The fourth-order valence-electron chi connectivity index (χ4n) is 3.15. The minimum absolute atomic E-state index is 0.119. The number of carbonyl (C=O) groups is 1. The summed E-state index contributed by atoms with van der Waals surface area (Å²) in [5.74, 6) is -0.356. The lowest BCUT2D eigenvalue weighted by atomic mass is 9.91. The molecule has 3 nitrogen and oxygen atoms in total. The van der Waals surface area contributed by atoms with E-state index in [-0.39, 0.29) is 18.9 Å². The van der Waals surface area contributed by atoms with Gasteiger partial charge in [0.15, 0.2) is 0 Å². The van der Waals surface area contributed by atoms with Crippen LogP contribution in [-0.4, -0.2) is 29.9 Å². The van der Waals surface area contributed by atoms with Crippen molar-refractivity contribution in [3.63, 3.8) is 0 Å². The minimum Gasteiger partial charge on any atom is -0.369 e. The van der Waals surface area contributed by atoms with Gasteiger partial charge in [-0.05, 0) is 34.9 Å². The van der Waals surface area contributed by atoms with Crippen LogP contribution in [0.5, 0.6) is 0 Å². The number of hydrogen-bond donors (Lipinski definition) is 2. The summed E-state index contributed by atoms with van der Waals surface area (Å²) in [6.07, 6.45) is -11.7. The summed E-state index contributed by atoms with van der Waals surface area (Å²) in [7, 11) is 0. The van der Waals surface area contributed by atoms with E-state index in [9.17, 15) is 36.2 Å². The number of amides is 1. The van der Waals surface area contributed by atoms with Crippen molar-refractivity contribution in [2.75, 3.05) is 6.54 Å². The Bertz CT molecular complexity index is 1060. The molecule has 3 aromatic carbocycles. The zero-order valence-corrected chi connectivity index (χ0v) is 15.9. The van der Waals surface area contributed by atoms with E-state index in [1.165, 1.54) is 0 Å². The molecule has 0 aliphatic rings. The van der Waals surface area contributed by atoms with E-state index in [0.29, 0.717) is 23.3 Å². The molecule has 0 fully saturated rings. The Morgan fingerprint density at radius 1 is 0.806 bits per heavy atom. The van der Waals surface area contributed by atoms with Crippen molar-refractivity contribution in [3.05, 3.63) is 83.4 Å². The quantitative estimate of drug-likeness (QED) is 0.540. The molecule has 164 valence electrons. The zero-order chi connectivity index (χ0) is 22.9. The molecule has 9 heteroatoms. The molecule has 3 aromatic rings. The van der Waals surface area contributed by atoms with Crippen molar-refractivity contribution in [1.29, 1.82) is 0 Å². The molecule has 0 saturated heterocycles. The highest BCUT2D eigenvalue weighted by atomic mass is 19.4.